The predicted octanol–water partition coefficient (Wildman–Crippen LogP) is 4.39. The highest BCUT2D eigenvalue weighted by molar-refractivity contribution is 7.80. The van der Waals surface area contributed by atoms with Gasteiger partial charge in [-0.3, -0.25) is 5.43 Å². The molecule has 3 aliphatic rings. The first-order valence-electron chi connectivity index (χ1n) is 8.33. The molecule has 4 rings (SSSR count). The Hall–Kier alpha value is -1.10. The summed E-state index contributed by atoms with van der Waals surface area (Å²) in [6.45, 7) is 0. The molecular formula is C18H19Cl2N3S. The number of nitrogens with zero attached hydrogens (tertiary/aromatic N) is 1. The van der Waals surface area contributed by atoms with Crippen LogP contribution in [0.15, 0.2) is 35.5 Å². The summed E-state index contributed by atoms with van der Waals surface area (Å²) >= 11 is 17.3. The summed E-state index contributed by atoms with van der Waals surface area (Å²) in [5.41, 5.74) is 3.78. The van der Waals surface area contributed by atoms with Crippen molar-refractivity contribution < 1.29 is 0 Å². The molecule has 3 nitrogen and oxygen atoms in total. The lowest BCUT2D eigenvalue weighted by Gasteiger charge is -2.32. The van der Waals surface area contributed by atoms with E-state index in [1.807, 2.05) is 6.07 Å². The molecule has 6 heteroatoms. The number of rotatable bonds is 3. The second-order valence-corrected chi connectivity index (χ2v) is 8.15. The molecule has 0 heterocycles. The van der Waals surface area contributed by atoms with Crippen LogP contribution in [0.2, 0.25) is 10.0 Å². The van der Waals surface area contributed by atoms with Gasteiger partial charge in [0.05, 0.1) is 16.3 Å². The minimum Gasteiger partial charge on any atom is -0.358 e. The van der Waals surface area contributed by atoms with E-state index in [-0.39, 0.29) is 0 Å². The van der Waals surface area contributed by atoms with Gasteiger partial charge in [-0.15, -0.1) is 0 Å². The van der Waals surface area contributed by atoms with Crippen LogP contribution in [-0.2, 0) is 0 Å². The fraction of sp³-hybridized carbons (Fsp3) is 0.444. The third-order valence-electron chi connectivity index (χ3n) is 5.65. The number of thiocarbonyl (C=S) groups is 1. The number of halogens is 2. The van der Waals surface area contributed by atoms with E-state index in [2.05, 4.69) is 28.0 Å². The third kappa shape index (κ3) is 3.07. The van der Waals surface area contributed by atoms with Gasteiger partial charge in [0.25, 0.3) is 0 Å². The highest BCUT2D eigenvalue weighted by Crippen LogP contribution is 2.56. The van der Waals surface area contributed by atoms with Crippen molar-refractivity contribution in [3.8, 4) is 0 Å². The summed E-state index contributed by atoms with van der Waals surface area (Å²) in [5, 5.41) is 9.28. The molecule has 1 aromatic rings. The molecule has 2 saturated carbocycles. The first kappa shape index (κ1) is 16.4. The summed E-state index contributed by atoms with van der Waals surface area (Å²) in [4.78, 5) is 0. The van der Waals surface area contributed by atoms with E-state index in [9.17, 15) is 0 Å². The molecule has 5 atom stereocenters. The molecule has 0 saturated heterocycles. The first-order chi connectivity index (χ1) is 11.6. The highest BCUT2D eigenvalue weighted by atomic mass is 35.5. The average molecular weight is 380 g/mol. The van der Waals surface area contributed by atoms with E-state index in [1.165, 1.54) is 19.3 Å². The summed E-state index contributed by atoms with van der Waals surface area (Å²) in [6.07, 6.45) is 10.3. The zero-order valence-electron chi connectivity index (χ0n) is 13.1. The van der Waals surface area contributed by atoms with Gasteiger partial charge in [0.2, 0.25) is 0 Å². The molecule has 0 unspecified atom stereocenters. The number of fused-ring (bicyclic) bond motifs is 5. The summed E-state index contributed by atoms with van der Waals surface area (Å²) < 4.78 is 0. The lowest BCUT2D eigenvalue weighted by molar-refractivity contribution is 0.246. The summed E-state index contributed by atoms with van der Waals surface area (Å²) in [5.74, 6) is 3.22. The number of hydrogen-bond acceptors (Lipinski definition) is 2. The van der Waals surface area contributed by atoms with E-state index in [4.69, 9.17) is 35.4 Å². The van der Waals surface area contributed by atoms with Crippen LogP contribution in [0.5, 0.6) is 0 Å². The molecular weight excluding hydrogens is 361 g/mol. The van der Waals surface area contributed by atoms with Crippen molar-refractivity contribution in [2.75, 3.05) is 0 Å². The zero-order chi connectivity index (χ0) is 16.7. The number of hydrazone groups is 1. The van der Waals surface area contributed by atoms with Crippen molar-refractivity contribution in [3.63, 3.8) is 0 Å². The van der Waals surface area contributed by atoms with Gasteiger partial charge < -0.3 is 5.32 Å². The van der Waals surface area contributed by atoms with Gasteiger partial charge in [-0.2, -0.15) is 5.10 Å². The molecule has 0 aliphatic heterocycles. The lowest BCUT2D eigenvalue weighted by atomic mass is 9.79. The normalized spacial score (nSPS) is 33.2. The molecule has 1 aromatic carbocycles. The number of hydrogen-bond donors (Lipinski definition) is 2. The maximum absolute atomic E-state index is 5.99. The Bertz CT molecular complexity index is 718. The quantitative estimate of drug-likeness (QED) is 0.353. The SMILES string of the molecule is S=C(N/N=C\c1ccc(Cl)c(Cl)c1)N[C@H]1C[C@@H]2C[C@@H]1[C@@H]1C=CC[C@@H]21. The van der Waals surface area contributed by atoms with Crippen LogP contribution in [0.4, 0.5) is 0 Å². The molecule has 126 valence electrons. The summed E-state index contributed by atoms with van der Waals surface area (Å²) in [6, 6.07) is 5.86. The topological polar surface area (TPSA) is 36.4 Å². The minimum atomic E-state index is 0.471. The monoisotopic (exact) mass is 379 g/mol. The number of nitrogens with one attached hydrogen (secondary N) is 2. The molecule has 2 fully saturated rings. The van der Waals surface area contributed by atoms with Crippen LogP contribution in [0.25, 0.3) is 0 Å². The van der Waals surface area contributed by atoms with E-state index in [0.29, 0.717) is 21.2 Å². The van der Waals surface area contributed by atoms with Crippen molar-refractivity contribution in [2.24, 2.45) is 28.8 Å². The van der Waals surface area contributed by atoms with E-state index >= 15 is 0 Å². The third-order valence-corrected chi connectivity index (χ3v) is 6.60. The number of allylic oxidation sites excluding steroid dienone is 2. The van der Waals surface area contributed by atoms with Crippen LogP contribution in [0.3, 0.4) is 0 Å². The Morgan fingerprint density at radius 2 is 2.08 bits per heavy atom. The van der Waals surface area contributed by atoms with Crippen molar-refractivity contribution in [1.29, 1.82) is 0 Å². The van der Waals surface area contributed by atoms with E-state index in [0.717, 1.165) is 29.2 Å². The molecule has 2 bridgehead atoms. The van der Waals surface area contributed by atoms with Gasteiger partial charge in [-0.25, -0.2) is 0 Å². The second-order valence-electron chi connectivity index (χ2n) is 6.92. The van der Waals surface area contributed by atoms with Gasteiger partial charge >= 0.3 is 0 Å². The van der Waals surface area contributed by atoms with Gasteiger partial charge in [0, 0.05) is 6.04 Å². The summed E-state index contributed by atoms with van der Waals surface area (Å²) in [7, 11) is 0. The van der Waals surface area contributed by atoms with E-state index < -0.39 is 0 Å². The maximum Gasteiger partial charge on any atom is 0.187 e. The smallest absolute Gasteiger partial charge is 0.187 e. The fourth-order valence-electron chi connectivity index (χ4n) is 4.67. The molecule has 24 heavy (non-hydrogen) atoms. The molecule has 2 N–H and O–H groups in total. The van der Waals surface area contributed by atoms with Gasteiger partial charge in [0.1, 0.15) is 0 Å². The Balaban J connectivity index is 1.30. The van der Waals surface area contributed by atoms with E-state index in [1.54, 1.807) is 18.3 Å². The van der Waals surface area contributed by atoms with Crippen LogP contribution in [0.1, 0.15) is 24.8 Å². The Labute approximate surface area is 157 Å². The molecule has 0 spiro atoms. The standard InChI is InChI=1S/C18H19Cl2N3S/c19-15-5-4-10(6-16(15)20)9-21-23-18(24)22-17-8-11-7-14(17)13-3-1-2-12(11)13/h1,3-6,9,11-14,17H,2,7-8H2,(H2,22,23,24)/b21-9-/t11-,12-,13+,14+,17-/m0/s1. The van der Waals surface area contributed by atoms with Crippen molar-refractivity contribution >= 4 is 46.7 Å². The van der Waals surface area contributed by atoms with Crippen LogP contribution in [0, 0.1) is 23.7 Å². The number of benzene rings is 1. The Morgan fingerprint density at radius 3 is 2.92 bits per heavy atom. The fourth-order valence-corrected chi connectivity index (χ4v) is 5.18. The Morgan fingerprint density at radius 1 is 1.21 bits per heavy atom. The van der Waals surface area contributed by atoms with Gasteiger partial charge in [-0.1, -0.05) is 41.4 Å². The van der Waals surface area contributed by atoms with Crippen molar-refractivity contribution in [1.82, 2.24) is 10.7 Å². The van der Waals surface area contributed by atoms with Gasteiger partial charge in [-0.05, 0) is 72.8 Å². The molecule has 0 radical (unpaired) electrons. The van der Waals surface area contributed by atoms with Crippen LogP contribution in [-0.4, -0.2) is 17.4 Å². The minimum absolute atomic E-state index is 0.471. The van der Waals surface area contributed by atoms with Gasteiger partial charge in [0.15, 0.2) is 5.11 Å². The largest absolute Gasteiger partial charge is 0.358 e. The second kappa shape index (κ2) is 6.66. The predicted molar refractivity (Wildman–Crippen MR) is 104 cm³/mol. The zero-order valence-corrected chi connectivity index (χ0v) is 15.4. The molecule has 3 aliphatic carbocycles. The van der Waals surface area contributed by atoms with Crippen molar-refractivity contribution in [2.45, 2.75) is 25.3 Å². The molecule has 0 amide bonds. The molecule has 0 aromatic heterocycles. The lowest BCUT2D eigenvalue weighted by Crippen LogP contribution is -2.45. The van der Waals surface area contributed by atoms with Crippen LogP contribution >= 0.6 is 35.4 Å². The first-order valence-corrected chi connectivity index (χ1v) is 9.49. The van der Waals surface area contributed by atoms with Crippen molar-refractivity contribution in [3.05, 3.63) is 46.0 Å². The van der Waals surface area contributed by atoms with Crippen LogP contribution < -0.4 is 10.7 Å². The highest BCUT2D eigenvalue weighted by Gasteiger charge is 2.52. The Kier molecular flexibility index (Phi) is 4.54. The maximum atomic E-state index is 5.99. The average Bonchev–Trinajstić information content (AvgIpc) is 3.23.